The summed E-state index contributed by atoms with van der Waals surface area (Å²) in [6.07, 6.45) is 12.8. The lowest BCUT2D eigenvalue weighted by Crippen LogP contribution is -2.60. The van der Waals surface area contributed by atoms with Crippen LogP contribution in [-0.4, -0.2) is 83.8 Å². The van der Waals surface area contributed by atoms with Gasteiger partial charge in [-0.25, -0.2) is 4.79 Å². The first-order valence-electron chi connectivity index (χ1n) is 16.0. The SMILES string of the molecule is C[C@]12CC/C(=N\OCCCN3CCN(CCO)CC3)C=C1CCC1C2CC[C@]2(C)[C@@H](c3ccc(=O)oc3)CC[C@]12O. The van der Waals surface area contributed by atoms with Crippen molar-refractivity contribution < 1.29 is 19.5 Å². The van der Waals surface area contributed by atoms with Gasteiger partial charge in [0.25, 0.3) is 0 Å². The first-order chi connectivity index (χ1) is 19.8. The van der Waals surface area contributed by atoms with Gasteiger partial charge in [0.05, 0.1) is 24.2 Å². The number of oxime groups is 1. The molecule has 1 aromatic heterocycles. The molecule has 2 N–H and O–H groups in total. The summed E-state index contributed by atoms with van der Waals surface area (Å²) in [6.45, 7) is 11.6. The number of hydrogen-bond donors (Lipinski definition) is 2. The fraction of sp³-hybridized carbons (Fsp3) is 0.758. The molecule has 4 fully saturated rings. The zero-order valence-electron chi connectivity index (χ0n) is 25.0. The maximum absolute atomic E-state index is 12.4. The van der Waals surface area contributed by atoms with Gasteiger partial charge in [0, 0.05) is 50.7 Å². The molecule has 5 aliphatic rings. The number of fused-ring (bicyclic) bond motifs is 5. The Morgan fingerprint density at radius 2 is 1.78 bits per heavy atom. The number of aliphatic hydroxyl groups excluding tert-OH is 1. The van der Waals surface area contributed by atoms with Crippen LogP contribution in [0.1, 0.15) is 83.1 Å². The van der Waals surface area contributed by atoms with Crippen molar-refractivity contribution in [3.63, 3.8) is 0 Å². The van der Waals surface area contributed by atoms with Gasteiger partial charge in [-0.15, -0.1) is 0 Å². The lowest BCUT2D eigenvalue weighted by molar-refractivity contribution is -0.176. The summed E-state index contributed by atoms with van der Waals surface area (Å²) < 4.78 is 5.24. The highest BCUT2D eigenvalue weighted by Crippen LogP contribution is 2.69. The van der Waals surface area contributed by atoms with E-state index in [1.807, 2.05) is 6.07 Å². The minimum absolute atomic E-state index is 0.106. The molecule has 1 aromatic rings. The van der Waals surface area contributed by atoms with Gasteiger partial charge in [0.1, 0.15) is 6.61 Å². The molecule has 2 heterocycles. The highest BCUT2D eigenvalue weighted by atomic mass is 16.6. The smallest absolute Gasteiger partial charge is 0.335 e. The number of piperazine rings is 1. The maximum atomic E-state index is 12.4. The Hall–Kier alpha value is -2.00. The lowest BCUT2D eigenvalue weighted by atomic mass is 9.45. The molecule has 1 saturated heterocycles. The van der Waals surface area contributed by atoms with Gasteiger partial charge in [-0.05, 0) is 98.7 Å². The first kappa shape index (κ1) is 29.1. The number of rotatable bonds is 8. The average molecular weight is 568 g/mol. The summed E-state index contributed by atoms with van der Waals surface area (Å²) in [5, 5.41) is 26.1. The lowest BCUT2D eigenvalue weighted by Gasteiger charge is -2.61. The quantitative estimate of drug-likeness (QED) is 0.359. The number of aliphatic hydroxyl groups is 2. The van der Waals surface area contributed by atoms with Gasteiger partial charge in [-0.3, -0.25) is 4.90 Å². The van der Waals surface area contributed by atoms with Gasteiger partial charge < -0.3 is 24.4 Å². The molecule has 6 rings (SSSR count). The number of allylic oxidation sites excluding steroid dienone is 2. The van der Waals surface area contributed by atoms with E-state index in [2.05, 4.69) is 34.9 Å². The Morgan fingerprint density at radius 1 is 1.00 bits per heavy atom. The van der Waals surface area contributed by atoms with Crippen molar-refractivity contribution in [1.82, 2.24) is 9.80 Å². The van der Waals surface area contributed by atoms with E-state index in [4.69, 9.17) is 14.4 Å². The van der Waals surface area contributed by atoms with Crippen molar-refractivity contribution in [1.29, 1.82) is 0 Å². The summed E-state index contributed by atoms with van der Waals surface area (Å²) >= 11 is 0. The normalized spacial score (nSPS) is 38.7. The molecule has 3 saturated carbocycles. The molecular weight excluding hydrogens is 518 g/mol. The fourth-order valence-corrected chi connectivity index (χ4v) is 9.57. The van der Waals surface area contributed by atoms with Crippen molar-refractivity contribution in [3.8, 4) is 0 Å². The van der Waals surface area contributed by atoms with Crippen LogP contribution >= 0.6 is 0 Å². The van der Waals surface area contributed by atoms with Crippen LogP contribution in [0.3, 0.4) is 0 Å². The number of β-amino-alcohol motifs (C(OH)–C–C–N with tert-alkyl or cyclic N) is 1. The van der Waals surface area contributed by atoms with Crippen LogP contribution in [0.2, 0.25) is 0 Å². The third-order valence-corrected chi connectivity index (χ3v) is 12.1. The molecule has 2 unspecified atom stereocenters. The van der Waals surface area contributed by atoms with Crippen molar-refractivity contribution in [2.24, 2.45) is 27.8 Å². The van der Waals surface area contributed by atoms with E-state index in [1.54, 1.807) is 6.26 Å². The van der Waals surface area contributed by atoms with Crippen LogP contribution in [0.25, 0.3) is 0 Å². The van der Waals surface area contributed by atoms with Crippen LogP contribution in [0.15, 0.2) is 44.4 Å². The minimum atomic E-state index is -0.686. The van der Waals surface area contributed by atoms with Crippen LogP contribution in [0.5, 0.6) is 0 Å². The topological polar surface area (TPSA) is 98.7 Å². The van der Waals surface area contributed by atoms with Crippen LogP contribution in [-0.2, 0) is 4.84 Å². The zero-order chi connectivity index (χ0) is 28.7. The standard InChI is InChI=1S/C33H49N3O5/c1-31-11-8-26(34-41-21-3-14-35-15-17-36(18-16-35)19-20-37)22-25(31)5-6-29-28(31)9-12-32(2)27(10-13-33(29,32)39)24-4-7-30(38)40-23-24/h4,7,22-23,27-29,37,39H,3,5-6,8-21H2,1-2H3/b34-26+/t27-,28?,29?,31+,32-,33+/m1/s1. The summed E-state index contributed by atoms with van der Waals surface area (Å²) in [5.41, 5.74) is 2.53. The number of nitrogens with zero attached hydrogens (tertiary/aromatic N) is 3. The summed E-state index contributed by atoms with van der Waals surface area (Å²) in [5.74, 6) is 0.998. The van der Waals surface area contributed by atoms with Gasteiger partial charge in [-0.1, -0.05) is 24.6 Å². The molecular formula is C33H49N3O5. The molecule has 1 aliphatic heterocycles. The van der Waals surface area contributed by atoms with Crippen LogP contribution < -0.4 is 5.63 Å². The second-order valence-electron chi connectivity index (χ2n) is 13.9. The second kappa shape index (κ2) is 11.6. The van der Waals surface area contributed by atoms with E-state index < -0.39 is 5.60 Å². The van der Waals surface area contributed by atoms with Crippen molar-refractivity contribution in [2.75, 3.05) is 52.5 Å². The molecule has 0 bridgehead atoms. The molecule has 8 heteroatoms. The Morgan fingerprint density at radius 3 is 2.51 bits per heavy atom. The van der Waals surface area contributed by atoms with Gasteiger partial charge in [0.15, 0.2) is 0 Å². The summed E-state index contributed by atoms with van der Waals surface area (Å²) in [7, 11) is 0. The van der Waals surface area contributed by atoms with Gasteiger partial charge >= 0.3 is 5.63 Å². The largest absolute Gasteiger partial charge is 0.431 e. The predicted octanol–water partition coefficient (Wildman–Crippen LogP) is 4.17. The Bertz CT molecular complexity index is 1180. The van der Waals surface area contributed by atoms with Gasteiger partial charge in [0.2, 0.25) is 0 Å². The molecule has 0 spiro atoms. The molecule has 8 nitrogen and oxygen atoms in total. The Labute approximate surface area is 244 Å². The predicted molar refractivity (Wildman–Crippen MR) is 159 cm³/mol. The van der Waals surface area contributed by atoms with E-state index in [0.29, 0.717) is 18.4 Å². The van der Waals surface area contributed by atoms with Crippen molar-refractivity contribution >= 4 is 5.71 Å². The van der Waals surface area contributed by atoms with Crippen molar-refractivity contribution in [3.05, 3.63) is 46.0 Å². The van der Waals surface area contributed by atoms with E-state index in [0.717, 1.165) is 108 Å². The van der Waals surface area contributed by atoms with Crippen molar-refractivity contribution in [2.45, 2.75) is 83.2 Å². The highest BCUT2D eigenvalue weighted by Gasteiger charge is 2.66. The molecule has 4 aliphatic carbocycles. The van der Waals surface area contributed by atoms with Gasteiger partial charge in [-0.2, -0.15) is 0 Å². The summed E-state index contributed by atoms with van der Waals surface area (Å²) in [4.78, 5) is 22.2. The van der Waals surface area contributed by atoms with E-state index in [-0.39, 0.29) is 29.0 Å². The second-order valence-corrected chi connectivity index (χ2v) is 13.9. The molecule has 0 radical (unpaired) electrons. The molecule has 41 heavy (non-hydrogen) atoms. The zero-order valence-corrected chi connectivity index (χ0v) is 25.0. The summed E-state index contributed by atoms with van der Waals surface area (Å²) in [6, 6.07) is 3.43. The molecule has 226 valence electrons. The monoisotopic (exact) mass is 567 g/mol. The minimum Gasteiger partial charge on any atom is -0.431 e. The number of hydrogen-bond acceptors (Lipinski definition) is 8. The highest BCUT2D eigenvalue weighted by molar-refractivity contribution is 5.96. The van der Waals surface area contributed by atoms with Crippen LogP contribution in [0, 0.1) is 22.7 Å². The third-order valence-electron chi connectivity index (χ3n) is 12.1. The average Bonchev–Trinajstić information content (AvgIpc) is 3.25. The Kier molecular flexibility index (Phi) is 8.22. The third kappa shape index (κ3) is 5.23. The van der Waals surface area contributed by atoms with Crippen LogP contribution in [0.4, 0.5) is 0 Å². The van der Waals surface area contributed by atoms with E-state index >= 15 is 0 Å². The van der Waals surface area contributed by atoms with E-state index in [9.17, 15) is 9.90 Å². The first-order valence-corrected chi connectivity index (χ1v) is 16.0. The molecule has 0 amide bonds. The molecule has 0 aromatic carbocycles. The fourth-order valence-electron chi connectivity index (χ4n) is 9.57. The molecule has 6 atom stereocenters. The Balaban J connectivity index is 1.06. The maximum Gasteiger partial charge on any atom is 0.335 e. The van der Waals surface area contributed by atoms with E-state index in [1.165, 1.54) is 11.6 Å².